The summed E-state index contributed by atoms with van der Waals surface area (Å²) in [5, 5.41) is 3.64. The van der Waals surface area contributed by atoms with Gasteiger partial charge in [0.05, 0.1) is 12.6 Å². The zero-order chi connectivity index (χ0) is 13.8. The van der Waals surface area contributed by atoms with Crippen LogP contribution in [-0.2, 0) is 4.74 Å². The summed E-state index contributed by atoms with van der Waals surface area (Å²) < 4.78 is 5.81. The molecule has 0 amide bonds. The summed E-state index contributed by atoms with van der Waals surface area (Å²) in [6, 6.07) is 4.74. The second-order valence-corrected chi connectivity index (χ2v) is 5.44. The average molecular weight is 259 g/mol. The van der Waals surface area contributed by atoms with Crippen LogP contribution in [0.2, 0.25) is 0 Å². The molecule has 0 spiro atoms. The first-order valence-corrected chi connectivity index (χ1v) is 7.27. The minimum absolute atomic E-state index is 0.211. The summed E-state index contributed by atoms with van der Waals surface area (Å²) in [6.07, 6.45) is 4.39. The molecule has 1 aliphatic heterocycles. The molecule has 19 heavy (non-hydrogen) atoms. The molecule has 0 radical (unpaired) electrons. The summed E-state index contributed by atoms with van der Waals surface area (Å²) in [5.41, 5.74) is 5.41. The van der Waals surface area contributed by atoms with E-state index < -0.39 is 0 Å². The predicted octanol–water partition coefficient (Wildman–Crippen LogP) is 3.96. The second kappa shape index (κ2) is 6.25. The van der Waals surface area contributed by atoms with Gasteiger partial charge < -0.3 is 10.1 Å². The van der Waals surface area contributed by atoms with E-state index in [4.69, 9.17) is 4.74 Å². The average Bonchev–Trinajstić information content (AvgIpc) is 2.85. The number of hydrogen-bond acceptors (Lipinski definition) is 2. The van der Waals surface area contributed by atoms with Gasteiger partial charge in [0, 0.05) is 6.42 Å². The highest BCUT2D eigenvalue weighted by molar-refractivity contribution is 5.42. The van der Waals surface area contributed by atoms with Crippen LogP contribution in [0.25, 0.3) is 0 Å². The summed E-state index contributed by atoms with van der Waals surface area (Å²) in [6.45, 7) is 10.6. The van der Waals surface area contributed by atoms with E-state index in [9.17, 15) is 0 Å². The molecule has 0 saturated carbocycles. The van der Waals surface area contributed by atoms with Crippen molar-refractivity contribution in [2.24, 2.45) is 0 Å². The van der Waals surface area contributed by atoms with Crippen LogP contribution in [0.4, 0.5) is 0 Å². The van der Waals surface area contributed by atoms with Crippen molar-refractivity contribution in [3.63, 3.8) is 0 Å². The molecule has 1 aliphatic rings. The Bertz CT molecular complexity index is 453. The third-order valence-electron chi connectivity index (χ3n) is 3.64. The highest BCUT2D eigenvalue weighted by Crippen LogP contribution is 2.31. The number of benzene rings is 1. The SMILES string of the molecule is CCCNC(C1=CCCO1)c1c(C)cc(C)cc1C. The van der Waals surface area contributed by atoms with Gasteiger partial charge in [0.2, 0.25) is 0 Å². The van der Waals surface area contributed by atoms with Crippen molar-refractivity contribution >= 4 is 0 Å². The van der Waals surface area contributed by atoms with Crippen molar-refractivity contribution in [2.45, 2.75) is 46.6 Å². The second-order valence-electron chi connectivity index (χ2n) is 5.44. The van der Waals surface area contributed by atoms with Crippen molar-refractivity contribution in [3.05, 3.63) is 46.2 Å². The fourth-order valence-electron chi connectivity index (χ4n) is 2.92. The maximum absolute atomic E-state index is 5.81. The molecule has 104 valence electrons. The zero-order valence-electron chi connectivity index (χ0n) is 12.5. The Morgan fingerprint density at radius 3 is 2.42 bits per heavy atom. The fourth-order valence-corrected chi connectivity index (χ4v) is 2.92. The van der Waals surface area contributed by atoms with Gasteiger partial charge in [-0.15, -0.1) is 0 Å². The van der Waals surface area contributed by atoms with E-state index in [1.54, 1.807) is 0 Å². The van der Waals surface area contributed by atoms with Crippen LogP contribution in [0.1, 0.15) is 48.1 Å². The molecule has 1 atom stereocenters. The van der Waals surface area contributed by atoms with Crippen LogP contribution in [0.3, 0.4) is 0 Å². The Labute approximate surface area is 116 Å². The maximum Gasteiger partial charge on any atom is 0.114 e. The van der Waals surface area contributed by atoms with E-state index in [0.717, 1.165) is 31.8 Å². The molecule has 0 bridgehead atoms. The van der Waals surface area contributed by atoms with Gasteiger partial charge in [-0.1, -0.05) is 24.6 Å². The molecule has 0 aliphatic carbocycles. The summed E-state index contributed by atoms with van der Waals surface area (Å²) in [7, 11) is 0. The van der Waals surface area contributed by atoms with Crippen LogP contribution in [0, 0.1) is 20.8 Å². The molecule has 2 nitrogen and oxygen atoms in total. The highest BCUT2D eigenvalue weighted by Gasteiger charge is 2.23. The lowest BCUT2D eigenvalue weighted by Crippen LogP contribution is -2.25. The van der Waals surface area contributed by atoms with E-state index in [0.29, 0.717) is 0 Å². The third-order valence-corrected chi connectivity index (χ3v) is 3.64. The number of ether oxygens (including phenoxy) is 1. The van der Waals surface area contributed by atoms with E-state index in [-0.39, 0.29) is 6.04 Å². The van der Waals surface area contributed by atoms with Crippen LogP contribution >= 0.6 is 0 Å². The quantitative estimate of drug-likeness (QED) is 0.864. The molecule has 1 N–H and O–H groups in total. The Morgan fingerprint density at radius 2 is 1.89 bits per heavy atom. The largest absolute Gasteiger partial charge is 0.496 e. The molecular weight excluding hydrogens is 234 g/mol. The molecule has 1 unspecified atom stereocenters. The first-order chi connectivity index (χ1) is 9.13. The highest BCUT2D eigenvalue weighted by atomic mass is 16.5. The lowest BCUT2D eigenvalue weighted by molar-refractivity contribution is 0.215. The van der Waals surface area contributed by atoms with Gasteiger partial charge in [-0.25, -0.2) is 0 Å². The van der Waals surface area contributed by atoms with Gasteiger partial charge in [-0.05, 0) is 56.5 Å². The maximum atomic E-state index is 5.81. The van der Waals surface area contributed by atoms with E-state index in [1.165, 1.54) is 22.3 Å². The number of nitrogens with one attached hydrogen (secondary N) is 1. The normalized spacial score (nSPS) is 16.1. The number of rotatable bonds is 5. The molecular formula is C17H25NO. The number of aryl methyl sites for hydroxylation is 3. The Morgan fingerprint density at radius 1 is 1.21 bits per heavy atom. The minimum atomic E-state index is 0.211. The molecule has 1 heterocycles. The first-order valence-electron chi connectivity index (χ1n) is 7.27. The standard InChI is InChI=1S/C17H25NO/c1-5-8-18-17(15-7-6-9-19-15)16-13(3)10-12(2)11-14(16)4/h7,10-11,17-18H,5-6,8-9H2,1-4H3. The van der Waals surface area contributed by atoms with Crippen molar-refractivity contribution in [3.8, 4) is 0 Å². The minimum Gasteiger partial charge on any atom is -0.496 e. The zero-order valence-corrected chi connectivity index (χ0v) is 12.5. The van der Waals surface area contributed by atoms with Gasteiger partial charge in [0.1, 0.15) is 5.76 Å². The van der Waals surface area contributed by atoms with Gasteiger partial charge >= 0.3 is 0 Å². The van der Waals surface area contributed by atoms with Crippen LogP contribution < -0.4 is 5.32 Å². The molecule has 2 rings (SSSR count). The summed E-state index contributed by atoms with van der Waals surface area (Å²) >= 11 is 0. The Hall–Kier alpha value is -1.28. The summed E-state index contributed by atoms with van der Waals surface area (Å²) in [4.78, 5) is 0. The smallest absolute Gasteiger partial charge is 0.114 e. The van der Waals surface area contributed by atoms with Crippen molar-refractivity contribution in [1.29, 1.82) is 0 Å². The van der Waals surface area contributed by atoms with Gasteiger partial charge in [0.15, 0.2) is 0 Å². The molecule has 0 saturated heterocycles. The molecule has 1 aromatic rings. The van der Waals surface area contributed by atoms with Crippen LogP contribution in [0.5, 0.6) is 0 Å². The summed E-state index contributed by atoms with van der Waals surface area (Å²) in [5.74, 6) is 1.10. The molecule has 1 aromatic carbocycles. The van der Waals surface area contributed by atoms with Gasteiger partial charge in [-0.2, -0.15) is 0 Å². The predicted molar refractivity (Wildman–Crippen MR) is 80.3 cm³/mol. The molecule has 0 aromatic heterocycles. The topological polar surface area (TPSA) is 21.3 Å². The Balaban J connectivity index is 2.37. The monoisotopic (exact) mass is 259 g/mol. The Kier molecular flexibility index (Phi) is 4.65. The molecule has 0 fully saturated rings. The van der Waals surface area contributed by atoms with Crippen LogP contribution in [0.15, 0.2) is 24.0 Å². The van der Waals surface area contributed by atoms with Crippen molar-refractivity contribution < 1.29 is 4.74 Å². The van der Waals surface area contributed by atoms with Gasteiger partial charge in [-0.3, -0.25) is 0 Å². The lowest BCUT2D eigenvalue weighted by atomic mass is 9.92. The number of hydrogen-bond donors (Lipinski definition) is 1. The van der Waals surface area contributed by atoms with E-state index in [2.05, 4.69) is 51.2 Å². The lowest BCUT2D eigenvalue weighted by Gasteiger charge is -2.24. The van der Waals surface area contributed by atoms with Crippen molar-refractivity contribution in [2.75, 3.05) is 13.2 Å². The first kappa shape index (κ1) is 14.1. The van der Waals surface area contributed by atoms with E-state index in [1.807, 2.05) is 0 Å². The van der Waals surface area contributed by atoms with Crippen molar-refractivity contribution in [1.82, 2.24) is 5.32 Å². The third kappa shape index (κ3) is 3.19. The van der Waals surface area contributed by atoms with Gasteiger partial charge in [0.25, 0.3) is 0 Å². The molecule has 2 heteroatoms. The van der Waals surface area contributed by atoms with E-state index >= 15 is 0 Å². The van der Waals surface area contributed by atoms with Crippen LogP contribution in [-0.4, -0.2) is 13.2 Å². The fraction of sp³-hybridized carbons (Fsp3) is 0.529.